The monoisotopic (exact) mass is 392 g/mol. The number of methoxy groups -OCH3 is 1. The first-order valence-corrected chi connectivity index (χ1v) is 9.40. The van der Waals surface area contributed by atoms with E-state index in [9.17, 15) is 18.0 Å². The average molecular weight is 392 g/mol. The number of ether oxygens (including phenoxy) is 2. The fraction of sp³-hybridized carbons (Fsp3) is 0.222. The highest BCUT2D eigenvalue weighted by atomic mass is 32.2. The molecule has 0 fully saturated rings. The predicted molar refractivity (Wildman–Crippen MR) is 97.7 cm³/mol. The van der Waals surface area contributed by atoms with Gasteiger partial charge in [0.05, 0.1) is 24.1 Å². The van der Waals surface area contributed by atoms with Crippen molar-refractivity contribution >= 4 is 21.9 Å². The summed E-state index contributed by atoms with van der Waals surface area (Å²) < 4.78 is 36.5. The van der Waals surface area contributed by atoms with Crippen LogP contribution in [0.3, 0.4) is 0 Å². The molecule has 144 valence electrons. The van der Waals surface area contributed by atoms with E-state index in [1.807, 2.05) is 19.1 Å². The molecule has 0 radical (unpaired) electrons. The first-order chi connectivity index (χ1) is 12.7. The van der Waals surface area contributed by atoms with E-state index in [-0.39, 0.29) is 17.1 Å². The van der Waals surface area contributed by atoms with Gasteiger partial charge >= 0.3 is 5.97 Å². The van der Waals surface area contributed by atoms with Gasteiger partial charge in [0, 0.05) is 5.56 Å². The third kappa shape index (κ3) is 5.53. The molecule has 0 atom stereocenters. The summed E-state index contributed by atoms with van der Waals surface area (Å²) in [5.41, 5.74) is 6.83. The van der Waals surface area contributed by atoms with E-state index in [0.29, 0.717) is 5.75 Å². The number of sulfonamides is 1. The maximum atomic E-state index is 12.2. The molecular formula is C18H20N2O6S. The molecule has 2 aromatic rings. The minimum absolute atomic E-state index is 0.0178. The van der Waals surface area contributed by atoms with E-state index in [0.717, 1.165) is 11.1 Å². The Kier molecular flexibility index (Phi) is 6.54. The molecule has 0 heterocycles. The number of hydrogen-bond acceptors (Lipinski definition) is 6. The summed E-state index contributed by atoms with van der Waals surface area (Å²) in [5.74, 6) is -0.798. The van der Waals surface area contributed by atoms with Crippen LogP contribution in [-0.4, -0.2) is 33.9 Å². The first-order valence-electron chi connectivity index (χ1n) is 7.91. The molecule has 2 aromatic carbocycles. The minimum Gasteiger partial charge on any atom is -0.496 e. The zero-order chi connectivity index (χ0) is 20.0. The number of rotatable bonds is 8. The van der Waals surface area contributed by atoms with Gasteiger partial charge in [-0.25, -0.2) is 17.9 Å². The van der Waals surface area contributed by atoms with Crippen molar-refractivity contribution < 1.29 is 27.5 Å². The number of nitrogens with one attached hydrogen (secondary N) is 1. The van der Waals surface area contributed by atoms with Gasteiger partial charge in [0.25, 0.3) is 0 Å². The number of esters is 1. The van der Waals surface area contributed by atoms with Gasteiger partial charge in [-0.05, 0) is 43.3 Å². The van der Waals surface area contributed by atoms with Crippen LogP contribution in [0.25, 0.3) is 0 Å². The number of amides is 1. The number of primary amides is 1. The fourth-order valence-corrected chi connectivity index (χ4v) is 3.26. The van der Waals surface area contributed by atoms with Crippen molar-refractivity contribution in [3.63, 3.8) is 0 Å². The van der Waals surface area contributed by atoms with Crippen molar-refractivity contribution in [1.82, 2.24) is 4.72 Å². The summed E-state index contributed by atoms with van der Waals surface area (Å²) in [7, 11) is -2.36. The number of carbonyl (C=O) groups is 2. The Balaban J connectivity index is 2.06. The summed E-state index contributed by atoms with van der Waals surface area (Å²) in [6.45, 7) is 1.42. The number of carbonyl (C=O) groups excluding carboxylic acids is 2. The molecule has 0 spiro atoms. The molecule has 27 heavy (non-hydrogen) atoms. The molecule has 0 unspecified atom stereocenters. The number of aryl methyl sites for hydroxylation is 1. The van der Waals surface area contributed by atoms with Crippen LogP contribution in [-0.2, 0) is 26.2 Å². The largest absolute Gasteiger partial charge is 0.496 e. The Morgan fingerprint density at radius 2 is 1.78 bits per heavy atom. The van der Waals surface area contributed by atoms with Crippen LogP contribution >= 0.6 is 0 Å². The fourth-order valence-electron chi connectivity index (χ4n) is 2.27. The lowest BCUT2D eigenvalue weighted by Gasteiger charge is -2.10. The molecule has 1 amide bonds. The molecule has 2 rings (SSSR count). The molecule has 0 aliphatic carbocycles. The predicted octanol–water partition coefficient (Wildman–Crippen LogP) is 1.12. The minimum atomic E-state index is -3.89. The highest BCUT2D eigenvalue weighted by molar-refractivity contribution is 7.89. The molecule has 0 bridgehead atoms. The lowest BCUT2D eigenvalue weighted by molar-refractivity contribution is -0.116. The van der Waals surface area contributed by atoms with Crippen LogP contribution in [0.2, 0.25) is 0 Å². The topological polar surface area (TPSA) is 125 Å². The van der Waals surface area contributed by atoms with Crippen molar-refractivity contribution in [3.8, 4) is 5.75 Å². The number of nitrogens with two attached hydrogens (primary N) is 1. The van der Waals surface area contributed by atoms with Gasteiger partial charge in [0.15, 0.2) is 0 Å². The molecular weight excluding hydrogens is 372 g/mol. The van der Waals surface area contributed by atoms with Gasteiger partial charge < -0.3 is 15.2 Å². The summed E-state index contributed by atoms with van der Waals surface area (Å²) in [5, 5.41) is 0. The molecule has 0 aliphatic rings. The SMILES string of the molecule is COc1ccc(C)cc1COC(=O)c1ccc(S(=O)(=O)NCC(N)=O)cc1. The highest BCUT2D eigenvalue weighted by Gasteiger charge is 2.16. The van der Waals surface area contributed by atoms with Crippen molar-refractivity contribution in [3.05, 3.63) is 59.2 Å². The third-order valence-corrected chi connectivity index (χ3v) is 5.05. The lowest BCUT2D eigenvalue weighted by Crippen LogP contribution is -2.33. The Bertz CT molecular complexity index is 939. The van der Waals surface area contributed by atoms with Gasteiger partial charge in [-0.3, -0.25) is 4.79 Å². The molecule has 3 N–H and O–H groups in total. The van der Waals surface area contributed by atoms with Crippen LogP contribution in [0.4, 0.5) is 0 Å². The maximum Gasteiger partial charge on any atom is 0.338 e. The van der Waals surface area contributed by atoms with Crippen LogP contribution < -0.4 is 15.2 Å². The molecule has 0 saturated heterocycles. The van der Waals surface area contributed by atoms with E-state index < -0.39 is 28.4 Å². The molecule has 8 nitrogen and oxygen atoms in total. The highest BCUT2D eigenvalue weighted by Crippen LogP contribution is 2.21. The van der Waals surface area contributed by atoms with Crippen molar-refractivity contribution in [2.75, 3.05) is 13.7 Å². The Labute approximate surface area is 157 Å². The van der Waals surface area contributed by atoms with E-state index >= 15 is 0 Å². The molecule has 9 heteroatoms. The van der Waals surface area contributed by atoms with E-state index in [1.165, 1.54) is 31.4 Å². The van der Waals surface area contributed by atoms with E-state index in [1.54, 1.807) is 6.07 Å². The van der Waals surface area contributed by atoms with Crippen LogP contribution in [0.15, 0.2) is 47.4 Å². The molecule has 0 saturated carbocycles. The standard InChI is InChI=1S/C18H20N2O6S/c1-12-3-8-16(25-2)14(9-12)11-26-18(22)13-4-6-15(7-5-13)27(23,24)20-10-17(19)21/h3-9,20H,10-11H2,1-2H3,(H2,19,21). The van der Waals surface area contributed by atoms with Gasteiger partial charge in [-0.2, -0.15) is 0 Å². The zero-order valence-corrected chi connectivity index (χ0v) is 15.7. The average Bonchev–Trinajstić information content (AvgIpc) is 2.65. The zero-order valence-electron chi connectivity index (χ0n) is 14.9. The van der Waals surface area contributed by atoms with Gasteiger partial charge in [-0.15, -0.1) is 0 Å². The summed E-state index contributed by atoms with van der Waals surface area (Å²) >= 11 is 0. The van der Waals surface area contributed by atoms with Crippen LogP contribution in [0.1, 0.15) is 21.5 Å². The Morgan fingerprint density at radius 1 is 1.11 bits per heavy atom. The van der Waals surface area contributed by atoms with E-state index in [2.05, 4.69) is 4.72 Å². The molecule has 0 aromatic heterocycles. The third-order valence-electron chi connectivity index (χ3n) is 3.63. The first kappa shape index (κ1) is 20.4. The quantitative estimate of drug-likeness (QED) is 0.649. The van der Waals surface area contributed by atoms with Gasteiger partial charge in [0.2, 0.25) is 15.9 Å². The second-order valence-electron chi connectivity index (χ2n) is 5.71. The number of benzene rings is 2. The van der Waals surface area contributed by atoms with E-state index in [4.69, 9.17) is 15.2 Å². The normalized spacial score (nSPS) is 11.0. The maximum absolute atomic E-state index is 12.2. The lowest BCUT2D eigenvalue weighted by atomic mass is 10.1. The number of hydrogen-bond donors (Lipinski definition) is 2. The van der Waals surface area contributed by atoms with Crippen molar-refractivity contribution in [2.24, 2.45) is 5.73 Å². The van der Waals surface area contributed by atoms with Crippen LogP contribution in [0.5, 0.6) is 5.75 Å². The Hall–Kier alpha value is -2.91. The molecule has 0 aliphatic heterocycles. The summed E-state index contributed by atoms with van der Waals surface area (Å²) in [4.78, 5) is 22.8. The Morgan fingerprint density at radius 3 is 2.37 bits per heavy atom. The van der Waals surface area contributed by atoms with Crippen molar-refractivity contribution in [1.29, 1.82) is 0 Å². The second kappa shape index (κ2) is 8.65. The van der Waals surface area contributed by atoms with Gasteiger partial charge in [-0.1, -0.05) is 11.6 Å². The summed E-state index contributed by atoms with van der Waals surface area (Å²) in [6.07, 6.45) is 0. The van der Waals surface area contributed by atoms with Crippen molar-refractivity contribution in [2.45, 2.75) is 18.4 Å². The van der Waals surface area contributed by atoms with Crippen LogP contribution in [0, 0.1) is 6.92 Å². The second-order valence-corrected chi connectivity index (χ2v) is 7.47. The van der Waals surface area contributed by atoms with Gasteiger partial charge in [0.1, 0.15) is 12.4 Å². The summed E-state index contributed by atoms with van der Waals surface area (Å²) in [6, 6.07) is 10.7. The smallest absolute Gasteiger partial charge is 0.338 e.